The van der Waals surface area contributed by atoms with Crippen molar-refractivity contribution in [2.45, 2.75) is 45.1 Å². The lowest BCUT2D eigenvalue weighted by Gasteiger charge is -2.10. The summed E-state index contributed by atoms with van der Waals surface area (Å²) in [4.78, 5) is 12.0. The lowest BCUT2D eigenvalue weighted by Crippen LogP contribution is -2.16. The van der Waals surface area contributed by atoms with Crippen molar-refractivity contribution >= 4 is 11.6 Å². The molecular formula is C18H24FN5O. The smallest absolute Gasteiger partial charge is 0.224 e. The van der Waals surface area contributed by atoms with Gasteiger partial charge in [-0.25, -0.2) is 4.39 Å². The van der Waals surface area contributed by atoms with Crippen molar-refractivity contribution in [2.24, 2.45) is 0 Å². The van der Waals surface area contributed by atoms with E-state index in [2.05, 4.69) is 25.4 Å². The number of carbonyl (C=O) groups is 1. The van der Waals surface area contributed by atoms with Gasteiger partial charge in [-0.2, -0.15) is 0 Å². The Morgan fingerprint density at radius 3 is 3.00 bits per heavy atom. The molecule has 2 N–H and O–H groups in total. The van der Waals surface area contributed by atoms with Gasteiger partial charge in [-0.05, 0) is 51.1 Å². The standard InChI is InChI=1S/C18H24FN5O/c1-20-10-5-7-17(25)21-15-12-13(8-9-14(15)19)18-23-22-16-6-3-2-4-11-24(16)18/h8-9,12,20H,2-7,10-11H2,1H3,(H,21,25). The topological polar surface area (TPSA) is 71.8 Å². The Balaban J connectivity index is 1.80. The second kappa shape index (κ2) is 8.20. The minimum Gasteiger partial charge on any atom is -0.324 e. The fraction of sp³-hybridized carbons (Fsp3) is 0.500. The van der Waals surface area contributed by atoms with Gasteiger partial charge >= 0.3 is 0 Å². The molecule has 25 heavy (non-hydrogen) atoms. The maximum absolute atomic E-state index is 14.1. The molecule has 0 aliphatic carbocycles. The molecule has 1 aliphatic heterocycles. The number of amides is 1. The molecule has 0 atom stereocenters. The summed E-state index contributed by atoms with van der Waals surface area (Å²) in [5.74, 6) is 1.09. The van der Waals surface area contributed by atoms with Crippen molar-refractivity contribution in [2.75, 3.05) is 18.9 Å². The van der Waals surface area contributed by atoms with Gasteiger partial charge in [0.1, 0.15) is 11.6 Å². The summed E-state index contributed by atoms with van der Waals surface area (Å²) in [5, 5.41) is 14.2. The normalized spacial score (nSPS) is 14.0. The number of anilines is 1. The number of rotatable bonds is 6. The summed E-state index contributed by atoms with van der Waals surface area (Å²) >= 11 is 0. The fourth-order valence-corrected chi connectivity index (χ4v) is 3.10. The van der Waals surface area contributed by atoms with Crippen LogP contribution in [0.4, 0.5) is 10.1 Å². The van der Waals surface area contributed by atoms with Crippen molar-refractivity contribution in [1.29, 1.82) is 0 Å². The molecule has 1 amide bonds. The maximum atomic E-state index is 14.1. The molecule has 1 aliphatic rings. The van der Waals surface area contributed by atoms with Crippen LogP contribution >= 0.6 is 0 Å². The molecule has 1 aromatic carbocycles. The Kier molecular flexibility index (Phi) is 5.75. The third-order valence-electron chi connectivity index (χ3n) is 4.44. The van der Waals surface area contributed by atoms with Gasteiger partial charge in [0.15, 0.2) is 5.82 Å². The number of aryl methyl sites for hydroxylation is 1. The van der Waals surface area contributed by atoms with Gasteiger partial charge in [-0.3, -0.25) is 4.79 Å². The maximum Gasteiger partial charge on any atom is 0.224 e. The summed E-state index contributed by atoms with van der Waals surface area (Å²) in [6.45, 7) is 1.63. The van der Waals surface area contributed by atoms with Gasteiger partial charge in [0.2, 0.25) is 5.91 Å². The molecule has 3 rings (SSSR count). The molecule has 7 heteroatoms. The number of fused-ring (bicyclic) bond motifs is 1. The zero-order chi connectivity index (χ0) is 17.6. The van der Waals surface area contributed by atoms with Crippen LogP contribution in [0.2, 0.25) is 0 Å². The molecule has 0 fully saturated rings. The van der Waals surface area contributed by atoms with E-state index in [0.717, 1.165) is 49.6 Å². The average molecular weight is 345 g/mol. The van der Waals surface area contributed by atoms with Crippen molar-refractivity contribution in [1.82, 2.24) is 20.1 Å². The van der Waals surface area contributed by atoms with E-state index >= 15 is 0 Å². The summed E-state index contributed by atoms with van der Waals surface area (Å²) in [6.07, 6.45) is 5.37. The fourth-order valence-electron chi connectivity index (χ4n) is 3.10. The Morgan fingerprint density at radius 1 is 1.28 bits per heavy atom. The molecule has 134 valence electrons. The summed E-state index contributed by atoms with van der Waals surface area (Å²) in [7, 11) is 1.84. The number of aromatic nitrogens is 3. The van der Waals surface area contributed by atoms with E-state index in [9.17, 15) is 9.18 Å². The first-order chi connectivity index (χ1) is 12.2. The third-order valence-corrected chi connectivity index (χ3v) is 4.44. The number of nitrogens with zero attached hydrogens (tertiary/aromatic N) is 3. The summed E-state index contributed by atoms with van der Waals surface area (Å²) in [5.41, 5.74) is 0.963. The minimum atomic E-state index is -0.443. The average Bonchev–Trinajstić information content (AvgIpc) is 2.85. The van der Waals surface area contributed by atoms with Gasteiger partial charge in [0, 0.05) is 24.9 Å². The Labute approximate surface area is 146 Å². The second-order valence-corrected chi connectivity index (χ2v) is 6.35. The van der Waals surface area contributed by atoms with Gasteiger partial charge in [-0.1, -0.05) is 6.42 Å². The number of benzene rings is 1. The predicted molar refractivity (Wildman–Crippen MR) is 94.8 cm³/mol. The zero-order valence-corrected chi connectivity index (χ0v) is 14.5. The number of hydrogen-bond donors (Lipinski definition) is 2. The van der Waals surface area contributed by atoms with Crippen molar-refractivity contribution in [3.63, 3.8) is 0 Å². The molecule has 1 aromatic heterocycles. The molecule has 0 radical (unpaired) electrons. The van der Waals surface area contributed by atoms with Gasteiger partial charge in [0.05, 0.1) is 5.69 Å². The predicted octanol–water partition coefficient (Wildman–Crippen LogP) is 2.75. The highest BCUT2D eigenvalue weighted by atomic mass is 19.1. The number of nitrogens with one attached hydrogen (secondary N) is 2. The van der Waals surface area contributed by atoms with E-state index in [4.69, 9.17) is 0 Å². The first-order valence-corrected chi connectivity index (χ1v) is 8.85. The molecule has 0 bridgehead atoms. The highest BCUT2D eigenvalue weighted by Gasteiger charge is 2.17. The SMILES string of the molecule is CNCCCC(=O)Nc1cc(-c2nnc3n2CCCCC3)ccc1F. The highest BCUT2D eigenvalue weighted by Crippen LogP contribution is 2.26. The molecular weight excluding hydrogens is 321 g/mol. The van der Waals surface area contributed by atoms with Crippen LogP contribution in [0.3, 0.4) is 0 Å². The molecule has 2 heterocycles. The van der Waals surface area contributed by atoms with Gasteiger partial charge in [0.25, 0.3) is 0 Å². The van der Waals surface area contributed by atoms with Crippen LogP contribution in [0.25, 0.3) is 11.4 Å². The molecule has 2 aromatic rings. The highest BCUT2D eigenvalue weighted by molar-refractivity contribution is 5.91. The van der Waals surface area contributed by atoms with Crippen molar-refractivity contribution < 1.29 is 9.18 Å². The van der Waals surface area contributed by atoms with E-state index < -0.39 is 5.82 Å². The van der Waals surface area contributed by atoms with Crippen LogP contribution in [-0.4, -0.2) is 34.3 Å². The first kappa shape index (κ1) is 17.5. The summed E-state index contributed by atoms with van der Waals surface area (Å²) < 4.78 is 16.2. The van der Waals surface area contributed by atoms with Crippen molar-refractivity contribution in [3.05, 3.63) is 29.8 Å². The van der Waals surface area contributed by atoms with Crippen LogP contribution in [0, 0.1) is 5.82 Å². The van der Waals surface area contributed by atoms with E-state index in [-0.39, 0.29) is 11.6 Å². The Morgan fingerprint density at radius 2 is 2.16 bits per heavy atom. The lowest BCUT2D eigenvalue weighted by atomic mass is 10.1. The number of hydrogen-bond acceptors (Lipinski definition) is 4. The van der Waals surface area contributed by atoms with Crippen LogP contribution in [0.5, 0.6) is 0 Å². The molecule has 0 spiro atoms. The lowest BCUT2D eigenvalue weighted by molar-refractivity contribution is -0.116. The first-order valence-electron chi connectivity index (χ1n) is 8.85. The monoisotopic (exact) mass is 345 g/mol. The number of carbonyl (C=O) groups excluding carboxylic acids is 1. The van der Waals surface area contributed by atoms with Crippen LogP contribution in [0.1, 0.15) is 37.9 Å². The largest absolute Gasteiger partial charge is 0.324 e. The second-order valence-electron chi connectivity index (χ2n) is 6.35. The molecule has 0 saturated heterocycles. The Bertz CT molecular complexity index is 743. The van der Waals surface area contributed by atoms with E-state index in [1.54, 1.807) is 12.1 Å². The van der Waals surface area contributed by atoms with Crippen molar-refractivity contribution in [3.8, 4) is 11.4 Å². The van der Waals surface area contributed by atoms with Gasteiger partial charge in [-0.15, -0.1) is 10.2 Å². The van der Waals surface area contributed by atoms with E-state index in [1.807, 2.05) is 7.05 Å². The molecule has 0 unspecified atom stereocenters. The van der Waals surface area contributed by atoms with E-state index in [0.29, 0.717) is 12.8 Å². The quantitative estimate of drug-likeness (QED) is 0.790. The molecule has 0 saturated carbocycles. The van der Waals surface area contributed by atoms with Gasteiger partial charge < -0.3 is 15.2 Å². The molecule has 6 nitrogen and oxygen atoms in total. The van der Waals surface area contributed by atoms with Crippen LogP contribution in [0.15, 0.2) is 18.2 Å². The zero-order valence-electron chi connectivity index (χ0n) is 14.5. The van der Waals surface area contributed by atoms with E-state index in [1.165, 1.54) is 12.5 Å². The summed E-state index contributed by atoms with van der Waals surface area (Å²) in [6, 6.07) is 4.71. The van der Waals surface area contributed by atoms with Crippen LogP contribution < -0.4 is 10.6 Å². The third kappa shape index (κ3) is 4.22. The van der Waals surface area contributed by atoms with Crippen LogP contribution in [-0.2, 0) is 17.8 Å². The number of halogens is 1. The minimum absolute atomic E-state index is 0.189. The Hall–Kier alpha value is -2.28.